The SMILES string of the molecule is CC(C)S(=O)(=O)n1ccc(Br)n1. The van der Waals surface area contributed by atoms with Gasteiger partial charge in [0.25, 0.3) is 10.0 Å². The van der Waals surface area contributed by atoms with Crippen LogP contribution in [0.15, 0.2) is 16.9 Å². The van der Waals surface area contributed by atoms with Crippen molar-refractivity contribution < 1.29 is 8.42 Å². The number of nitrogens with zero attached hydrogens (tertiary/aromatic N) is 2. The highest BCUT2D eigenvalue weighted by atomic mass is 79.9. The van der Waals surface area contributed by atoms with Crippen LogP contribution >= 0.6 is 15.9 Å². The molecule has 0 aliphatic heterocycles. The van der Waals surface area contributed by atoms with Gasteiger partial charge in [0.2, 0.25) is 0 Å². The predicted octanol–water partition coefficient (Wildman–Crippen LogP) is 1.23. The van der Waals surface area contributed by atoms with Gasteiger partial charge in [-0.05, 0) is 35.8 Å². The van der Waals surface area contributed by atoms with Crippen LogP contribution in [0.5, 0.6) is 0 Å². The van der Waals surface area contributed by atoms with E-state index in [0.717, 1.165) is 4.09 Å². The molecule has 0 saturated carbocycles. The van der Waals surface area contributed by atoms with Gasteiger partial charge in [-0.1, -0.05) is 0 Å². The predicted molar refractivity (Wildman–Crippen MR) is 49.4 cm³/mol. The van der Waals surface area contributed by atoms with E-state index < -0.39 is 15.3 Å². The molecule has 0 saturated heterocycles. The van der Waals surface area contributed by atoms with E-state index in [1.165, 1.54) is 6.20 Å². The van der Waals surface area contributed by atoms with Crippen LogP contribution in [-0.2, 0) is 10.0 Å². The third-order valence-electron chi connectivity index (χ3n) is 1.39. The van der Waals surface area contributed by atoms with Crippen LogP contribution in [0.25, 0.3) is 0 Å². The van der Waals surface area contributed by atoms with Crippen molar-refractivity contribution in [2.45, 2.75) is 19.1 Å². The highest BCUT2D eigenvalue weighted by Gasteiger charge is 2.18. The van der Waals surface area contributed by atoms with Gasteiger partial charge >= 0.3 is 0 Å². The van der Waals surface area contributed by atoms with Crippen LogP contribution in [0.1, 0.15) is 13.8 Å². The van der Waals surface area contributed by atoms with Crippen molar-refractivity contribution in [2.24, 2.45) is 0 Å². The molecule has 0 bridgehead atoms. The van der Waals surface area contributed by atoms with Crippen molar-refractivity contribution in [3.05, 3.63) is 16.9 Å². The Hall–Kier alpha value is -0.360. The third kappa shape index (κ3) is 1.69. The molecule has 0 radical (unpaired) electrons. The van der Waals surface area contributed by atoms with E-state index in [1.807, 2.05) is 0 Å². The zero-order valence-electron chi connectivity index (χ0n) is 6.73. The fraction of sp³-hybridized carbons (Fsp3) is 0.500. The van der Waals surface area contributed by atoms with Gasteiger partial charge in [-0.2, -0.15) is 9.19 Å². The molecule has 68 valence electrons. The molecule has 0 aliphatic rings. The maximum atomic E-state index is 11.4. The first-order chi connectivity index (χ1) is 5.44. The molecule has 0 unspecified atom stereocenters. The topological polar surface area (TPSA) is 52.0 Å². The lowest BCUT2D eigenvalue weighted by Gasteiger charge is -2.05. The molecule has 12 heavy (non-hydrogen) atoms. The molecule has 0 aliphatic carbocycles. The normalized spacial score (nSPS) is 12.3. The standard InChI is InChI=1S/C6H9BrN2O2S/c1-5(2)12(10,11)9-4-3-6(7)8-9/h3-5H,1-2H3. The largest absolute Gasteiger partial charge is 0.256 e. The average Bonchev–Trinajstić information content (AvgIpc) is 2.35. The Kier molecular flexibility index (Phi) is 2.58. The van der Waals surface area contributed by atoms with Crippen molar-refractivity contribution in [1.29, 1.82) is 0 Å². The van der Waals surface area contributed by atoms with Crippen LogP contribution in [-0.4, -0.2) is 22.9 Å². The lowest BCUT2D eigenvalue weighted by atomic mass is 10.6. The Morgan fingerprint density at radius 3 is 2.50 bits per heavy atom. The van der Waals surface area contributed by atoms with Gasteiger partial charge in [-0.3, -0.25) is 0 Å². The maximum Gasteiger partial charge on any atom is 0.256 e. The van der Waals surface area contributed by atoms with Crippen LogP contribution in [0, 0.1) is 0 Å². The molecule has 0 amide bonds. The molecule has 0 spiro atoms. The van der Waals surface area contributed by atoms with Crippen LogP contribution in [0.4, 0.5) is 0 Å². The smallest absolute Gasteiger partial charge is 0.204 e. The molecule has 1 aromatic rings. The molecule has 6 heteroatoms. The number of aromatic nitrogens is 2. The first kappa shape index (κ1) is 9.73. The summed E-state index contributed by atoms with van der Waals surface area (Å²) in [5, 5.41) is 3.29. The lowest BCUT2D eigenvalue weighted by Crippen LogP contribution is -2.22. The van der Waals surface area contributed by atoms with Gasteiger partial charge < -0.3 is 0 Å². The summed E-state index contributed by atoms with van der Waals surface area (Å²) in [5.74, 6) is 0. The Labute approximate surface area is 79.8 Å². The summed E-state index contributed by atoms with van der Waals surface area (Å²) in [5.41, 5.74) is 0. The van der Waals surface area contributed by atoms with Crippen molar-refractivity contribution in [1.82, 2.24) is 9.19 Å². The summed E-state index contributed by atoms with van der Waals surface area (Å²) < 4.78 is 24.3. The molecule has 1 aromatic heterocycles. The number of rotatable bonds is 2. The molecule has 1 heterocycles. The monoisotopic (exact) mass is 252 g/mol. The van der Waals surface area contributed by atoms with E-state index >= 15 is 0 Å². The van der Waals surface area contributed by atoms with Gasteiger partial charge in [0.15, 0.2) is 0 Å². The number of halogens is 1. The summed E-state index contributed by atoms with van der Waals surface area (Å²) in [6.45, 7) is 3.23. The Bertz CT molecular complexity index is 369. The maximum absolute atomic E-state index is 11.4. The van der Waals surface area contributed by atoms with Crippen LogP contribution in [0.2, 0.25) is 0 Å². The van der Waals surface area contributed by atoms with E-state index in [4.69, 9.17) is 0 Å². The summed E-state index contributed by atoms with van der Waals surface area (Å²) in [7, 11) is -3.28. The fourth-order valence-corrected chi connectivity index (χ4v) is 1.90. The quantitative estimate of drug-likeness (QED) is 0.796. The Balaban J connectivity index is 3.15. The minimum atomic E-state index is -3.28. The molecule has 0 fully saturated rings. The molecular formula is C6H9BrN2O2S. The molecule has 4 nitrogen and oxygen atoms in total. The molecule has 1 rings (SSSR count). The van der Waals surface area contributed by atoms with Gasteiger partial charge in [-0.15, -0.1) is 0 Å². The van der Waals surface area contributed by atoms with Gasteiger partial charge in [-0.25, -0.2) is 8.42 Å². The second-order valence-electron chi connectivity index (χ2n) is 2.60. The highest BCUT2D eigenvalue weighted by Crippen LogP contribution is 2.09. The summed E-state index contributed by atoms with van der Waals surface area (Å²) in [6, 6.07) is 1.58. The van der Waals surface area contributed by atoms with Gasteiger partial charge in [0, 0.05) is 6.20 Å². The van der Waals surface area contributed by atoms with Gasteiger partial charge in [0.05, 0.1) is 5.25 Å². The van der Waals surface area contributed by atoms with Gasteiger partial charge in [0.1, 0.15) is 4.60 Å². The first-order valence-corrected chi connectivity index (χ1v) is 5.70. The number of hydrogen-bond acceptors (Lipinski definition) is 3. The second kappa shape index (κ2) is 3.18. The summed E-state index contributed by atoms with van der Waals surface area (Å²) >= 11 is 3.08. The molecule has 0 N–H and O–H groups in total. The van der Waals surface area contributed by atoms with E-state index in [2.05, 4.69) is 21.0 Å². The molecule has 0 atom stereocenters. The minimum Gasteiger partial charge on any atom is -0.204 e. The summed E-state index contributed by atoms with van der Waals surface area (Å²) in [4.78, 5) is 0. The second-order valence-corrected chi connectivity index (χ2v) is 5.76. The Morgan fingerprint density at radius 2 is 2.17 bits per heavy atom. The molecule has 0 aromatic carbocycles. The lowest BCUT2D eigenvalue weighted by molar-refractivity contribution is 0.570. The van der Waals surface area contributed by atoms with Crippen LogP contribution in [0.3, 0.4) is 0 Å². The van der Waals surface area contributed by atoms with Crippen molar-refractivity contribution in [2.75, 3.05) is 0 Å². The third-order valence-corrected chi connectivity index (χ3v) is 3.73. The average molecular weight is 253 g/mol. The number of hydrogen-bond donors (Lipinski definition) is 0. The van der Waals surface area contributed by atoms with E-state index in [0.29, 0.717) is 4.60 Å². The fourth-order valence-electron chi connectivity index (χ4n) is 0.644. The minimum absolute atomic E-state index is 0.454. The van der Waals surface area contributed by atoms with E-state index in [9.17, 15) is 8.42 Å². The highest BCUT2D eigenvalue weighted by molar-refractivity contribution is 9.10. The zero-order valence-corrected chi connectivity index (χ0v) is 9.13. The zero-order chi connectivity index (χ0) is 9.35. The summed E-state index contributed by atoms with van der Waals surface area (Å²) in [6.07, 6.45) is 1.42. The first-order valence-electron chi connectivity index (χ1n) is 3.40. The van der Waals surface area contributed by atoms with Crippen molar-refractivity contribution in [3.8, 4) is 0 Å². The van der Waals surface area contributed by atoms with Crippen molar-refractivity contribution in [3.63, 3.8) is 0 Å². The van der Waals surface area contributed by atoms with Crippen LogP contribution < -0.4 is 0 Å². The van der Waals surface area contributed by atoms with Crippen molar-refractivity contribution >= 4 is 26.0 Å². The molecular weight excluding hydrogens is 244 g/mol. The Morgan fingerprint density at radius 1 is 1.58 bits per heavy atom. The van der Waals surface area contributed by atoms with E-state index in [-0.39, 0.29) is 0 Å². The van der Waals surface area contributed by atoms with E-state index in [1.54, 1.807) is 19.9 Å².